The molecule has 0 amide bonds. The summed E-state index contributed by atoms with van der Waals surface area (Å²) in [6, 6.07) is 6.74. The van der Waals surface area contributed by atoms with E-state index in [2.05, 4.69) is 57.8 Å². The Bertz CT molecular complexity index is 633. The zero-order chi connectivity index (χ0) is 13.8. The monoisotopic (exact) mass is 254 g/mol. The quantitative estimate of drug-likeness (QED) is 0.805. The van der Waals surface area contributed by atoms with Gasteiger partial charge < -0.3 is 4.98 Å². The molecule has 1 N–H and O–H groups in total. The zero-order valence-electron chi connectivity index (χ0n) is 12.5. The third kappa shape index (κ3) is 1.90. The Morgan fingerprint density at radius 1 is 1.26 bits per heavy atom. The topological polar surface area (TPSA) is 28.7 Å². The summed E-state index contributed by atoms with van der Waals surface area (Å²) in [4.78, 5) is 8.36. The Kier molecular flexibility index (Phi) is 2.60. The molecule has 19 heavy (non-hydrogen) atoms. The number of imidazole rings is 1. The number of H-pyrrole nitrogens is 1. The largest absolute Gasteiger partial charge is 0.345 e. The number of hydrogen-bond donors (Lipinski definition) is 1. The van der Waals surface area contributed by atoms with Gasteiger partial charge in [0.05, 0.1) is 5.69 Å². The summed E-state index contributed by atoms with van der Waals surface area (Å²) < 4.78 is 0. The Hall–Kier alpha value is -1.57. The summed E-state index contributed by atoms with van der Waals surface area (Å²) in [6.45, 7) is 11.2. The molecule has 0 fully saturated rings. The van der Waals surface area contributed by atoms with Crippen molar-refractivity contribution in [2.75, 3.05) is 0 Å². The average Bonchev–Trinajstić information content (AvgIpc) is 2.72. The molecular weight excluding hydrogens is 232 g/mol. The van der Waals surface area contributed by atoms with Gasteiger partial charge in [0.2, 0.25) is 0 Å². The maximum absolute atomic E-state index is 4.83. The molecule has 1 heterocycles. The number of hydrogen-bond acceptors (Lipinski definition) is 1. The highest BCUT2D eigenvalue weighted by atomic mass is 14.9. The molecule has 0 bridgehead atoms. The van der Waals surface area contributed by atoms with Crippen LogP contribution in [-0.2, 0) is 11.8 Å². The third-order valence-electron chi connectivity index (χ3n) is 4.12. The molecule has 0 spiro atoms. The second kappa shape index (κ2) is 3.96. The number of rotatable bonds is 1. The zero-order valence-corrected chi connectivity index (χ0v) is 12.5. The summed E-state index contributed by atoms with van der Waals surface area (Å²) in [5, 5.41) is 0. The summed E-state index contributed by atoms with van der Waals surface area (Å²) in [7, 11) is 0. The van der Waals surface area contributed by atoms with Gasteiger partial charge in [-0.1, -0.05) is 51.5 Å². The average molecular weight is 254 g/mol. The summed E-state index contributed by atoms with van der Waals surface area (Å²) >= 11 is 0. The van der Waals surface area contributed by atoms with Crippen molar-refractivity contribution in [3.8, 4) is 11.3 Å². The summed E-state index contributed by atoms with van der Waals surface area (Å²) in [5.41, 5.74) is 6.70. The van der Waals surface area contributed by atoms with Crippen LogP contribution in [-0.4, -0.2) is 9.97 Å². The van der Waals surface area contributed by atoms with Crippen molar-refractivity contribution in [2.45, 2.75) is 52.4 Å². The first-order valence-corrected chi connectivity index (χ1v) is 7.09. The lowest BCUT2D eigenvalue weighted by Gasteiger charge is -2.32. The van der Waals surface area contributed by atoms with Gasteiger partial charge in [-0.05, 0) is 24.3 Å². The van der Waals surface area contributed by atoms with Crippen LogP contribution in [0.5, 0.6) is 0 Å². The van der Waals surface area contributed by atoms with Crippen LogP contribution in [0.15, 0.2) is 18.2 Å². The van der Waals surface area contributed by atoms with Crippen LogP contribution in [0.25, 0.3) is 11.3 Å². The maximum Gasteiger partial charge on any atom is 0.109 e. The van der Waals surface area contributed by atoms with E-state index in [4.69, 9.17) is 4.98 Å². The number of benzene rings is 1. The van der Waals surface area contributed by atoms with Gasteiger partial charge in [-0.3, -0.25) is 0 Å². The van der Waals surface area contributed by atoms with Gasteiger partial charge in [0.15, 0.2) is 0 Å². The van der Waals surface area contributed by atoms with Crippen LogP contribution >= 0.6 is 0 Å². The van der Waals surface area contributed by atoms with Crippen molar-refractivity contribution in [1.29, 1.82) is 0 Å². The maximum atomic E-state index is 4.83. The van der Waals surface area contributed by atoms with E-state index >= 15 is 0 Å². The van der Waals surface area contributed by atoms with E-state index in [0.29, 0.717) is 5.92 Å². The number of nitrogens with one attached hydrogen (secondary N) is 1. The number of fused-ring (bicyclic) bond motifs is 3. The molecule has 0 saturated heterocycles. The molecule has 1 aromatic heterocycles. The van der Waals surface area contributed by atoms with Crippen LogP contribution in [0.3, 0.4) is 0 Å². The lowest BCUT2D eigenvalue weighted by molar-refractivity contribution is 0.510. The Labute approximate surface area is 115 Å². The fraction of sp³-hybridized carbons (Fsp3) is 0.471. The highest BCUT2D eigenvalue weighted by molar-refractivity contribution is 5.71. The van der Waals surface area contributed by atoms with E-state index in [-0.39, 0.29) is 5.41 Å². The highest BCUT2D eigenvalue weighted by Gasteiger charge is 2.33. The second-order valence-electron chi connectivity index (χ2n) is 6.71. The fourth-order valence-electron chi connectivity index (χ4n) is 3.02. The van der Waals surface area contributed by atoms with E-state index in [9.17, 15) is 0 Å². The molecule has 3 rings (SSSR count). The first-order chi connectivity index (χ1) is 8.88. The van der Waals surface area contributed by atoms with Crippen molar-refractivity contribution in [3.63, 3.8) is 0 Å². The van der Waals surface area contributed by atoms with Crippen LogP contribution < -0.4 is 0 Å². The van der Waals surface area contributed by atoms with E-state index in [0.717, 1.165) is 17.9 Å². The predicted molar refractivity (Wildman–Crippen MR) is 79.6 cm³/mol. The molecular formula is C17H22N2. The van der Waals surface area contributed by atoms with Gasteiger partial charge in [-0.25, -0.2) is 4.98 Å². The molecule has 1 aromatic carbocycles. The van der Waals surface area contributed by atoms with E-state index in [1.807, 2.05) is 0 Å². The van der Waals surface area contributed by atoms with Crippen molar-refractivity contribution < 1.29 is 0 Å². The third-order valence-corrected chi connectivity index (χ3v) is 4.12. The molecule has 1 aliphatic rings. The Morgan fingerprint density at radius 2 is 2.00 bits per heavy atom. The lowest BCUT2D eigenvalue weighted by Crippen LogP contribution is -2.25. The van der Waals surface area contributed by atoms with Crippen LogP contribution in [0.4, 0.5) is 0 Å². The molecule has 0 saturated carbocycles. The molecule has 100 valence electrons. The molecule has 0 radical (unpaired) electrons. The minimum absolute atomic E-state index is 0.176. The molecule has 1 aliphatic carbocycles. The van der Waals surface area contributed by atoms with Gasteiger partial charge in [0.25, 0.3) is 0 Å². The minimum atomic E-state index is 0.176. The number of aromatic amines is 1. The minimum Gasteiger partial charge on any atom is -0.345 e. The standard InChI is InChI=1S/C17H22N2/c1-10(2)16-18-14-9-17(4,5)13-8-11(3)6-7-12(13)15(14)19-16/h6-8,10H,9H2,1-5H3,(H,18,19). The number of nitrogens with zero attached hydrogens (tertiary/aromatic N) is 1. The van der Waals surface area contributed by atoms with Gasteiger partial charge in [0, 0.05) is 17.2 Å². The van der Waals surface area contributed by atoms with Crippen molar-refractivity contribution in [2.24, 2.45) is 0 Å². The van der Waals surface area contributed by atoms with Crippen LogP contribution in [0, 0.1) is 6.92 Å². The molecule has 2 aromatic rings. The van der Waals surface area contributed by atoms with E-state index in [1.165, 1.54) is 22.4 Å². The van der Waals surface area contributed by atoms with Crippen molar-refractivity contribution >= 4 is 0 Å². The van der Waals surface area contributed by atoms with Gasteiger partial charge in [-0.2, -0.15) is 0 Å². The molecule has 0 aliphatic heterocycles. The van der Waals surface area contributed by atoms with Gasteiger partial charge in [0.1, 0.15) is 5.82 Å². The van der Waals surface area contributed by atoms with Gasteiger partial charge in [-0.15, -0.1) is 0 Å². The summed E-state index contributed by atoms with van der Waals surface area (Å²) in [6.07, 6.45) is 1.04. The first kappa shape index (κ1) is 12.5. The predicted octanol–water partition coefficient (Wildman–Crippen LogP) is 4.34. The first-order valence-electron chi connectivity index (χ1n) is 7.09. The molecule has 2 heteroatoms. The normalized spacial score (nSPS) is 16.3. The Balaban J connectivity index is 2.24. The van der Waals surface area contributed by atoms with E-state index in [1.54, 1.807) is 0 Å². The molecule has 0 unspecified atom stereocenters. The summed E-state index contributed by atoms with van der Waals surface area (Å²) in [5.74, 6) is 1.55. The fourth-order valence-corrected chi connectivity index (χ4v) is 3.02. The van der Waals surface area contributed by atoms with E-state index < -0.39 is 0 Å². The van der Waals surface area contributed by atoms with Crippen molar-refractivity contribution in [1.82, 2.24) is 9.97 Å². The number of aromatic nitrogens is 2. The van der Waals surface area contributed by atoms with Gasteiger partial charge >= 0.3 is 0 Å². The SMILES string of the molecule is Cc1ccc2c(c1)C(C)(C)Cc1[nH]c(C(C)C)nc1-2. The highest BCUT2D eigenvalue weighted by Crippen LogP contribution is 2.42. The Morgan fingerprint density at radius 3 is 2.68 bits per heavy atom. The number of aryl methyl sites for hydroxylation is 1. The lowest BCUT2D eigenvalue weighted by atomic mass is 9.73. The smallest absolute Gasteiger partial charge is 0.109 e. The van der Waals surface area contributed by atoms with Crippen LogP contribution in [0.2, 0.25) is 0 Å². The second-order valence-corrected chi connectivity index (χ2v) is 6.71. The van der Waals surface area contributed by atoms with Crippen molar-refractivity contribution in [3.05, 3.63) is 40.8 Å². The van der Waals surface area contributed by atoms with Crippen LogP contribution in [0.1, 0.15) is 56.3 Å². The molecule has 2 nitrogen and oxygen atoms in total. The molecule has 0 atom stereocenters.